The molecule has 9 nitrogen and oxygen atoms in total. The number of nitrogens with zero attached hydrogens (tertiary/aromatic N) is 1. The predicted molar refractivity (Wildman–Crippen MR) is 144 cm³/mol. The summed E-state index contributed by atoms with van der Waals surface area (Å²) >= 11 is 0. The zero-order valence-electron chi connectivity index (χ0n) is 22.3. The molecule has 41 heavy (non-hydrogen) atoms. The number of carbonyl (C=O) groups excluding carboxylic acids is 3. The highest BCUT2D eigenvalue weighted by Crippen LogP contribution is 2.29. The number of carbonyl (C=O) groups is 3. The van der Waals surface area contributed by atoms with E-state index in [2.05, 4.69) is 10.6 Å². The Bertz CT molecular complexity index is 1450. The average Bonchev–Trinajstić information content (AvgIpc) is 3.36. The van der Waals surface area contributed by atoms with Crippen LogP contribution in [0.1, 0.15) is 27.9 Å². The molecule has 0 radical (unpaired) electrons. The smallest absolute Gasteiger partial charge is 0.258 e. The van der Waals surface area contributed by atoms with Gasteiger partial charge in [0, 0.05) is 25.1 Å². The zero-order valence-corrected chi connectivity index (χ0v) is 22.3. The predicted octanol–water partition coefficient (Wildman–Crippen LogP) is 3.00. The molecule has 5 aliphatic rings. The molecule has 0 aliphatic carbocycles. The Morgan fingerprint density at radius 1 is 0.927 bits per heavy atom. The van der Waals surface area contributed by atoms with Crippen molar-refractivity contribution in [3.63, 3.8) is 0 Å². The summed E-state index contributed by atoms with van der Waals surface area (Å²) in [5, 5.41) is 5.78. The molecule has 2 N–H and O–H groups in total. The maximum absolute atomic E-state index is 13.8. The van der Waals surface area contributed by atoms with E-state index in [1.54, 1.807) is 42.5 Å². The third kappa shape index (κ3) is 6.74. The van der Waals surface area contributed by atoms with Crippen LogP contribution in [-0.2, 0) is 22.6 Å². The van der Waals surface area contributed by atoms with E-state index in [1.165, 1.54) is 18.1 Å². The minimum absolute atomic E-state index is 0.000223. The van der Waals surface area contributed by atoms with Crippen LogP contribution in [0.25, 0.3) is 0 Å². The van der Waals surface area contributed by atoms with Crippen LogP contribution in [0.2, 0.25) is 0 Å². The highest BCUT2D eigenvalue weighted by molar-refractivity contribution is 5.94. The lowest BCUT2D eigenvalue weighted by Gasteiger charge is -2.21. The monoisotopic (exact) mass is 565 g/mol. The molecule has 0 aromatic heterocycles. The van der Waals surface area contributed by atoms with Crippen LogP contribution in [0.5, 0.6) is 17.2 Å². The first-order valence-electron chi connectivity index (χ1n) is 13.1. The molecule has 214 valence electrons. The topological polar surface area (TPSA) is 106 Å². The molecular weight excluding hydrogens is 536 g/mol. The van der Waals surface area contributed by atoms with E-state index >= 15 is 0 Å². The van der Waals surface area contributed by atoms with Crippen LogP contribution < -0.4 is 24.8 Å². The van der Waals surface area contributed by atoms with Crippen molar-refractivity contribution in [2.45, 2.75) is 31.5 Å². The van der Waals surface area contributed by atoms with Crippen molar-refractivity contribution in [3.8, 4) is 17.2 Å². The summed E-state index contributed by atoms with van der Waals surface area (Å²) in [7, 11) is 1.49. The molecule has 3 aromatic carbocycles. The van der Waals surface area contributed by atoms with Crippen LogP contribution in [0, 0.1) is 11.6 Å². The Balaban J connectivity index is 1.38. The van der Waals surface area contributed by atoms with Gasteiger partial charge in [-0.3, -0.25) is 14.4 Å². The second-order valence-electron chi connectivity index (χ2n) is 9.86. The van der Waals surface area contributed by atoms with Gasteiger partial charge in [-0.2, -0.15) is 0 Å². The zero-order chi connectivity index (χ0) is 28.9. The summed E-state index contributed by atoms with van der Waals surface area (Å²) < 4.78 is 44.5. The van der Waals surface area contributed by atoms with E-state index in [1.807, 2.05) is 0 Å². The van der Waals surface area contributed by atoms with Crippen molar-refractivity contribution in [2.24, 2.45) is 0 Å². The summed E-state index contributed by atoms with van der Waals surface area (Å²) in [6.45, 7) is 0.330. The van der Waals surface area contributed by atoms with Crippen molar-refractivity contribution in [1.82, 2.24) is 15.5 Å². The number of hydrogen-bond donors (Lipinski definition) is 2. The fourth-order valence-corrected chi connectivity index (χ4v) is 4.79. The fraction of sp³-hybridized carbons (Fsp3) is 0.300. The molecule has 5 aliphatic heterocycles. The highest BCUT2D eigenvalue weighted by Gasteiger charge is 2.38. The minimum Gasteiger partial charge on any atom is -0.493 e. The van der Waals surface area contributed by atoms with Crippen LogP contribution in [-0.4, -0.2) is 61.6 Å². The Hall–Kier alpha value is -4.67. The second-order valence-corrected chi connectivity index (χ2v) is 9.86. The van der Waals surface area contributed by atoms with Gasteiger partial charge in [0.15, 0.2) is 29.7 Å². The molecule has 11 heteroatoms. The van der Waals surface area contributed by atoms with E-state index in [-0.39, 0.29) is 50.0 Å². The standard InChI is InChI=1S/C30H29F2N3O6/c1-39-26-12-18-4-10-25(26)40-17-29(37)33-14-19-2-7-21(8-3-19)41-27-16-35(15-24(27)34-28(36)11-5-18)30(38)20-6-9-22(31)23(32)13-20/h2-4,6-10,12-13,24,27H,5,11,14-17H2,1H3,(H,33,37)(H,34,36)/t24-,27-/m0/s1. The third-order valence-electron chi connectivity index (χ3n) is 6.99. The van der Waals surface area contributed by atoms with Crippen molar-refractivity contribution >= 4 is 17.7 Å². The van der Waals surface area contributed by atoms with Gasteiger partial charge in [0.05, 0.1) is 19.7 Å². The van der Waals surface area contributed by atoms with Crippen molar-refractivity contribution in [2.75, 3.05) is 26.8 Å². The normalized spacial score (nSPS) is 19.4. The van der Waals surface area contributed by atoms with Gasteiger partial charge in [-0.25, -0.2) is 8.78 Å². The number of methoxy groups -OCH3 is 1. The van der Waals surface area contributed by atoms with Gasteiger partial charge in [0.1, 0.15) is 11.9 Å². The second kappa shape index (κ2) is 12.2. The van der Waals surface area contributed by atoms with Crippen LogP contribution >= 0.6 is 0 Å². The average molecular weight is 566 g/mol. The quantitative estimate of drug-likeness (QED) is 0.495. The fourth-order valence-electron chi connectivity index (χ4n) is 4.79. The highest BCUT2D eigenvalue weighted by atomic mass is 19.2. The summed E-state index contributed by atoms with van der Waals surface area (Å²) in [6, 6.07) is 14.8. The van der Waals surface area contributed by atoms with Crippen molar-refractivity contribution in [3.05, 3.63) is 89.0 Å². The maximum atomic E-state index is 13.8. The Morgan fingerprint density at radius 2 is 1.71 bits per heavy atom. The Kier molecular flexibility index (Phi) is 8.32. The lowest BCUT2D eigenvalue weighted by Crippen LogP contribution is -2.45. The molecule has 4 bridgehead atoms. The number of halogens is 2. The van der Waals surface area contributed by atoms with Crippen LogP contribution in [0.4, 0.5) is 8.78 Å². The molecular formula is C30H29F2N3O6. The summed E-state index contributed by atoms with van der Waals surface area (Å²) in [6.07, 6.45) is -0.0399. The van der Waals surface area contributed by atoms with Crippen molar-refractivity contribution in [1.29, 1.82) is 0 Å². The lowest BCUT2D eigenvalue weighted by atomic mass is 10.1. The first-order chi connectivity index (χ1) is 19.8. The number of amides is 3. The van der Waals surface area contributed by atoms with Crippen molar-refractivity contribution < 1.29 is 37.4 Å². The number of ether oxygens (including phenoxy) is 3. The molecule has 0 spiro atoms. The molecule has 0 saturated carbocycles. The minimum atomic E-state index is -1.12. The number of benzene rings is 3. The maximum Gasteiger partial charge on any atom is 0.258 e. The van der Waals surface area contributed by atoms with Crippen LogP contribution in [0.15, 0.2) is 60.7 Å². The largest absolute Gasteiger partial charge is 0.493 e. The summed E-state index contributed by atoms with van der Waals surface area (Å²) in [4.78, 5) is 39.9. The van der Waals surface area contributed by atoms with E-state index < -0.39 is 29.7 Å². The first-order valence-corrected chi connectivity index (χ1v) is 13.1. The molecule has 3 amide bonds. The summed E-state index contributed by atoms with van der Waals surface area (Å²) in [5.74, 6) is -1.85. The molecule has 2 atom stereocenters. The van der Waals surface area contributed by atoms with Gasteiger partial charge in [0.2, 0.25) is 5.91 Å². The first kappa shape index (κ1) is 27.9. The van der Waals surface area contributed by atoms with E-state index in [0.717, 1.165) is 23.3 Å². The van der Waals surface area contributed by atoms with E-state index in [4.69, 9.17) is 14.2 Å². The Morgan fingerprint density at radius 3 is 2.46 bits per heavy atom. The molecule has 5 heterocycles. The number of nitrogens with one attached hydrogen (secondary N) is 2. The van der Waals surface area contributed by atoms with Gasteiger partial charge in [0.25, 0.3) is 11.8 Å². The molecule has 3 aromatic rings. The third-order valence-corrected chi connectivity index (χ3v) is 6.99. The molecule has 0 unspecified atom stereocenters. The van der Waals surface area contributed by atoms with E-state index in [9.17, 15) is 23.2 Å². The molecule has 1 saturated heterocycles. The SMILES string of the molecule is COc1cc2ccc1OCC(=O)NCc1ccc(cc1)O[C@H]1CN(C(=O)c3ccc(F)c(F)c3)C[C@@H]1NC(=O)CC2. The lowest BCUT2D eigenvalue weighted by molar-refractivity contribution is -0.123. The molecule has 1 fully saturated rings. The number of hydrogen-bond acceptors (Lipinski definition) is 6. The van der Waals surface area contributed by atoms with E-state index in [0.29, 0.717) is 23.7 Å². The van der Waals surface area contributed by atoms with Gasteiger partial charge < -0.3 is 29.7 Å². The van der Waals surface area contributed by atoms with Gasteiger partial charge >= 0.3 is 0 Å². The molecule has 8 rings (SSSR count). The Labute approximate surface area is 235 Å². The summed E-state index contributed by atoms with van der Waals surface area (Å²) in [5.41, 5.74) is 1.66. The number of rotatable bonds is 2. The number of aryl methyl sites for hydroxylation is 1. The van der Waals surface area contributed by atoms with Crippen LogP contribution in [0.3, 0.4) is 0 Å². The van der Waals surface area contributed by atoms with Gasteiger partial charge in [-0.05, 0) is 60.0 Å². The van der Waals surface area contributed by atoms with Gasteiger partial charge in [-0.15, -0.1) is 0 Å². The number of likely N-dealkylation sites (tertiary alicyclic amines) is 1. The van der Waals surface area contributed by atoms with Gasteiger partial charge in [-0.1, -0.05) is 18.2 Å².